The third-order valence-electron chi connectivity index (χ3n) is 4.43. The van der Waals surface area contributed by atoms with Gasteiger partial charge in [0, 0.05) is 5.41 Å². The molecule has 0 atom stereocenters. The van der Waals surface area contributed by atoms with Crippen molar-refractivity contribution in [1.82, 2.24) is 5.32 Å². The van der Waals surface area contributed by atoms with E-state index in [-0.39, 0.29) is 5.41 Å². The zero-order chi connectivity index (χ0) is 13.8. The van der Waals surface area contributed by atoms with Gasteiger partial charge in [0.1, 0.15) is 5.75 Å². The van der Waals surface area contributed by atoms with Crippen LogP contribution in [0.5, 0.6) is 5.75 Å². The maximum Gasteiger partial charge on any atom is 0.118 e. The van der Waals surface area contributed by atoms with E-state index in [0.29, 0.717) is 0 Å². The fourth-order valence-corrected chi connectivity index (χ4v) is 3.26. The molecule has 0 spiro atoms. The zero-order valence-corrected chi connectivity index (χ0v) is 11.9. The lowest BCUT2D eigenvalue weighted by Gasteiger charge is -2.39. The maximum absolute atomic E-state index is 5.28. The van der Waals surface area contributed by atoms with Gasteiger partial charge in [-0.25, -0.2) is 0 Å². The summed E-state index contributed by atoms with van der Waals surface area (Å²) in [5.74, 6) is 0.922. The first-order chi connectivity index (χ1) is 9.85. The van der Waals surface area contributed by atoms with Gasteiger partial charge in [0.2, 0.25) is 0 Å². The summed E-state index contributed by atoms with van der Waals surface area (Å²) >= 11 is 0. The molecule has 1 N–H and O–H groups in total. The molecule has 0 saturated carbocycles. The van der Waals surface area contributed by atoms with Crippen molar-refractivity contribution in [2.45, 2.75) is 18.3 Å². The molecule has 1 aliphatic rings. The van der Waals surface area contributed by atoms with Gasteiger partial charge < -0.3 is 10.1 Å². The number of rotatable bonds is 3. The number of hydrogen-bond acceptors (Lipinski definition) is 2. The fraction of sp³-hybridized carbons (Fsp3) is 0.333. The predicted molar refractivity (Wildman–Crippen MR) is 82.3 cm³/mol. The molecule has 0 aromatic heterocycles. The molecule has 0 unspecified atom stereocenters. The number of benzene rings is 2. The first-order valence-corrected chi connectivity index (χ1v) is 7.26. The Labute approximate surface area is 120 Å². The molecule has 2 aromatic rings. The van der Waals surface area contributed by atoms with Gasteiger partial charge in [-0.3, -0.25) is 0 Å². The molecule has 2 nitrogen and oxygen atoms in total. The second-order valence-corrected chi connectivity index (χ2v) is 5.43. The number of piperidine rings is 1. The van der Waals surface area contributed by atoms with Gasteiger partial charge in [0.25, 0.3) is 0 Å². The summed E-state index contributed by atoms with van der Waals surface area (Å²) in [5.41, 5.74) is 2.95. The highest BCUT2D eigenvalue weighted by Crippen LogP contribution is 2.40. The minimum Gasteiger partial charge on any atom is -0.497 e. The van der Waals surface area contributed by atoms with Gasteiger partial charge in [-0.1, -0.05) is 42.5 Å². The molecule has 0 radical (unpaired) electrons. The van der Waals surface area contributed by atoms with Crippen molar-refractivity contribution in [2.24, 2.45) is 0 Å². The van der Waals surface area contributed by atoms with E-state index in [2.05, 4.69) is 59.9 Å². The van der Waals surface area contributed by atoms with Gasteiger partial charge in [-0.2, -0.15) is 0 Å². The smallest absolute Gasteiger partial charge is 0.118 e. The van der Waals surface area contributed by atoms with Crippen LogP contribution in [0.4, 0.5) is 0 Å². The van der Waals surface area contributed by atoms with Crippen LogP contribution in [-0.2, 0) is 5.41 Å². The minimum atomic E-state index is 0.138. The van der Waals surface area contributed by atoms with Crippen LogP contribution in [0.3, 0.4) is 0 Å². The number of ether oxygens (including phenoxy) is 1. The average molecular weight is 267 g/mol. The Morgan fingerprint density at radius 3 is 2.05 bits per heavy atom. The fourth-order valence-electron chi connectivity index (χ4n) is 3.26. The van der Waals surface area contributed by atoms with Crippen molar-refractivity contribution >= 4 is 0 Å². The van der Waals surface area contributed by atoms with Crippen LogP contribution in [-0.4, -0.2) is 20.2 Å². The van der Waals surface area contributed by atoms with Crippen LogP contribution in [0.15, 0.2) is 54.6 Å². The van der Waals surface area contributed by atoms with E-state index >= 15 is 0 Å². The summed E-state index contributed by atoms with van der Waals surface area (Å²) in [6.45, 7) is 2.14. The van der Waals surface area contributed by atoms with Gasteiger partial charge in [-0.15, -0.1) is 0 Å². The van der Waals surface area contributed by atoms with E-state index in [4.69, 9.17) is 4.74 Å². The molecule has 2 heteroatoms. The normalized spacial score (nSPS) is 17.6. The number of hydrogen-bond donors (Lipinski definition) is 1. The molecule has 0 amide bonds. The van der Waals surface area contributed by atoms with E-state index in [1.165, 1.54) is 11.1 Å². The van der Waals surface area contributed by atoms with E-state index in [1.807, 2.05) is 0 Å². The molecule has 1 fully saturated rings. The van der Waals surface area contributed by atoms with E-state index < -0.39 is 0 Å². The van der Waals surface area contributed by atoms with Crippen molar-refractivity contribution < 1.29 is 4.74 Å². The Morgan fingerprint density at radius 2 is 1.45 bits per heavy atom. The lowest BCUT2D eigenvalue weighted by atomic mass is 9.68. The van der Waals surface area contributed by atoms with E-state index in [1.54, 1.807) is 7.11 Å². The SMILES string of the molecule is COc1ccc(C2(c3ccccc3)CCNCC2)cc1. The molecule has 1 aliphatic heterocycles. The maximum atomic E-state index is 5.28. The average Bonchev–Trinajstić information content (AvgIpc) is 2.56. The van der Waals surface area contributed by atoms with Crippen LogP contribution in [0.2, 0.25) is 0 Å². The molecule has 20 heavy (non-hydrogen) atoms. The van der Waals surface area contributed by atoms with Crippen molar-refractivity contribution in [3.63, 3.8) is 0 Å². The molecule has 104 valence electrons. The Bertz CT molecular complexity index is 541. The molecular weight excluding hydrogens is 246 g/mol. The second-order valence-electron chi connectivity index (χ2n) is 5.43. The Kier molecular flexibility index (Phi) is 3.75. The van der Waals surface area contributed by atoms with Crippen molar-refractivity contribution in [3.05, 3.63) is 65.7 Å². The summed E-state index contributed by atoms with van der Waals surface area (Å²) < 4.78 is 5.28. The van der Waals surface area contributed by atoms with Gasteiger partial charge >= 0.3 is 0 Å². The summed E-state index contributed by atoms with van der Waals surface area (Å²) in [6.07, 6.45) is 2.28. The predicted octanol–water partition coefficient (Wildman–Crippen LogP) is 3.36. The molecule has 0 aliphatic carbocycles. The van der Waals surface area contributed by atoms with Gasteiger partial charge in [-0.05, 0) is 49.2 Å². The lowest BCUT2D eigenvalue weighted by Crippen LogP contribution is -2.40. The quantitative estimate of drug-likeness (QED) is 0.920. The highest BCUT2D eigenvalue weighted by Gasteiger charge is 2.35. The van der Waals surface area contributed by atoms with Crippen molar-refractivity contribution in [2.75, 3.05) is 20.2 Å². The molecule has 2 aromatic carbocycles. The van der Waals surface area contributed by atoms with E-state index in [0.717, 1.165) is 31.7 Å². The molecular formula is C18H21NO. The lowest BCUT2D eigenvalue weighted by molar-refractivity contribution is 0.361. The standard InChI is InChI=1S/C18H21NO/c1-20-17-9-7-16(8-10-17)18(11-13-19-14-12-18)15-5-3-2-4-6-15/h2-10,19H,11-14H2,1H3. The Balaban J connectivity index is 2.05. The number of methoxy groups -OCH3 is 1. The minimum absolute atomic E-state index is 0.138. The first kappa shape index (κ1) is 13.2. The van der Waals surface area contributed by atoms with Crippen LogP contribution in [0, 0.1) is 0 Å². The second kappa shape index (κ2) is 5.68. The van der Waals surface area contributed by atoms with Crippen LogP contribution >= 0.6 is 0 Å². The number of nitrogens with one attached hydrogen (secondary N) is 1. The Morgan fingerprint density at radius 1 is 0.850 bits per heavy atom. The highest BCUT2D eigenvalue weighted by molar-refractivity contribution is 5.42. The first-order valence-electron chi connectivity index (χ1n) is 7.26. The largest absolute Gasteiger partial charge is 0.497 e. The van der Waals surface area contributed by atoms with Crippen molar-refractivity contribution in [1.29, 1.82) is 0 Å². The summed E-state index contributed by atoms with van der Waals surface area (Å²) in [5, 5.41) is 3.48. The molecule has 3 rings (SSSR count). The molecule has 0 bridgehead atoms. The Hall–Kier alpha value is -1.80. The zero-order valence-electron chi connectivity index (χ0n) is 11.9. The summed E-state index contributed by atoms with van der Waals surface area (Å²) in [4.78, 5) is 0. The topological polar surface area (TPSA) is 21.3 Å². The third kappa shape index (κ3) is 2.32. The molecule has 1 heterocycles. The van der Waals surface area contributed by atoms with Crippen LogP contribution in [0.25, 0.3) is 0 Å². The summed E-state index contributed by atoms with van der Waals surface area (Å²) in [7, 11) is 1.71. The van der Waals surface area contributed by atoms with Crippen molar-refractivity contribution in [3.8, 4) is 5.75 Å². The monoisotopic (exact) mass is 267 g/mol. The van der Waals surface area contributed by atoms with Gasteiger partial charge in [0.05, 0.1) is 7.11 Å². The van der Waals surface area contributed by atoms with Gasteiger partial charge in [0.15, 0.2) is 0 Å². The molecule has 1 saturated heterocycles. The summed E-state index contributed by atoms with van der Waals surface area (Å²) in [6, 6.07) is 19.5. The van der Waals surface area contributed by atoms with Crippen LogP contribution in [0.1, 0.15) is 24.0 Å². The van der Waals surface area contributed by atoms with E-state index in [9.17, 15) is 0 Å². The van der Waals surface area contributed by atoms with Crippen LogP contribution < -0.4 is 10.1 Å². The third-order valence-corrected chi connectivity index (χ3v) is 4.43. The highest BCUT2D eigenvalue weighted by atomic mass is 16.5.